The molecule has 1 aromatic heterocycles. The minimum absolute atomic E-state index is 0.279. The van der Waals surface area contributed by atoms with Gasteiger partial charge in [-0.2, -0.15) is 5.26 Å². The molecule has 32 heavy (non-hydrogen) atoms. The second-order valence-electron chi connectivity index (χ2n) is 7.03. The van der Waals surface area contributed by atoms with Gasteiger partial charge in [0.1, 0.15) is 5.01 Å². The van der Waals surface area contributed by atoms with Crippen molar-refractivity contribution in [3.63, 3.8) is 0 Å². The van der Waals surface area contributed by atoms with E-state index in [0.717, 1.165) is 16.7 Å². The number of aromatic nitrogens is 2. The van der Waals surface area contributed by atoms with Crippen molar-refractivity contribution < 1.29 is 4.79 Å². The maximum absolute atomic E-state index is 13.0. The zero-order valence-electron chi connectivity index (χ0n) is 16.7. The highest BCUT2D eigenvalue weighted by molar-refractivity contribution is 7.18. The Morgan fingerprint density at radius 2 is 1.66 bits per heavy atom. The van der Waals surface area contributed by atoms with Gasteiger partial charge in [0.05, 0.1) is 23.0 Å². The molecule has 3 aromatic carbocycles. The molecule has 0 fully saturated rings. The Kier molecular flexibility index (Phi) is 5.15. The van der Waals surface area contributed by atoms with Gasteiger partial charge in [0.25, 0.3) is 5.91 Å². The number of benzodiazepines with no additional fused rings is 1. The van der Waals surface area contributed by atoms with E-state index in [2.05, 4.69) is 26.9 Å². The van der Waals surface area contributed by atoms with Crippen molar-refractivity contribution >= 4 is 33.8 Å². The molecule has 2 N–H and O–H groups in total. The molecule has 154 valence electrons. The average Bonchev–Trinajstić information content (AvgIpc) is 3.26. The molecule has 1 atom stereocenters. The van der Waals surface area contributed by atoms with Crippen LogP contribution in [0.4, 0.5) is 10.8 Å². The van der Waals surface area contributed by atoms with E-state index in [1.54, 1.807) is 12.1 Å². The number of hydrogen-bond donors (Lipinski definition) is 2. The second kappa shape index (κ2) is 8.41. The molecule has 0 radical (unpaired) electrons. The van der Waals surface area contributed by atoms with E-state index in [1.165, 1.54) is 11.3 Å². The zero-order chi connectivity index (χ0) is 21.9. The summed E-state index contributed by atoms with van der Waals surface area (Å²) in [7, 11) is 0. The molecular formula is C24H16N6OS. The van der Waals surface area contributed by atoms with E-state index in [-0.39, 0.29) is 5.91 Å². The van der Waals surface area contributed by atoms with Crippen LogP contribution >= 0.6 is 11.3 Å². The minimum atomic E-state index is -0.876. The van der Waals surface area contributed by atoms with Gasteiger partial charge in [0, 0.05) is 16.7 Å². The Bertz CT molecular complexity index is 1360. The Morgan fingerprint density at radius 1 is 0.906 bits per heavy atom. The van der Waals surface area contributed by atoms with E-state index in [4.69, 9.17) is 10.3 Å². The highest BCUT2D eigenvalue weighted by Gasteiger charge is 2.26. The predicted octanol–water partition coefficient (Wildman–Crippen LogP) is 4.30. The molecule has 1 aliphatic rings. The summed E-state index contributed by atoms with van der Waals surface area (Å²) in [5.41, 5.74) is 4.62. The summed E-state index contributed by atoms with van der Waals surface area (Å²) in [5.74, 6) is -0.279. The van der Waals surface area contributed by atoms with Crippen molar-refractivity contribution in [2.45, 2.75) is 6.17 Å². The average molecular weight is 437 g/mol. The van der Waals surface area contributed by atoms with Crippen LogP contribution in [0, 0.1) is 11.3 Å². The second-order valence-corrected chi connectivity index (χ2v) is 8.00. The third-order valence-electron chi connectivity index (χ3n) is 4.94. The normalized spacial score (nSPS) is 15.0. The lowest BCUT2D eigenvalue weighted by Crippen LogP contribution is -2.32. The standard InChI is InChI=1S/C24H16N6OS/c25-14-15-10-12-17(13-11-15)23-29-30-24(32-23)28-21-22(31)26-19-9-5-4-8-18(19)20(27-21)16-6-2-1-3-7-16/h1-13,21H,(H,26,31)(H,28,30). The van der Waals surface area contributed by atoms with E-state index in [1.807, 2.05) is 66.7 Å². The van der Waals surface area contributed by atoms with Gasteiger partial charge in [-0.05, 0) is 18.2 Å². The van der Waals surface area contributed by atoms with Crippen LogP contribution in [0.1, 0.15) is 16.7 Å². The molecule has 8 heteroatoms. The number of nitrogens with zero attached hydrogens (tertiary/aromatic N) is 4. The number of para-hydroxylation sites is 1. The third kappa shape index (κ3) is 3.85. The Balaban J connectivity index is 1.48. The van der Waals surface area contributed by atoms with Crippen molar-refractivity contribution in [1.82, 2.24) is 10.2 Å². The van der Waals surface area contributed by atoms with Crippen molar-refractivity contribution in [3.05, 3.63) is 95.6 Å². The number of nitriles is 1. The van der Waals surface area contributed by atoms with Crippen LogP contribution in [-0.4, -0.2) is 28.0 Å². The van der Waals surface area contributed by atoms with Crippen LogP contribution < -0.4 is 10.6 Å². The Hall–Kier alpha value is -4.35. The number of nitrogens with one attached hydrogen (secondary N) is 2. The first-order valence-corrected chi connectivity index (χ1v) is 10.7. The number of fused-ring (bicyclic) bond motifs is 1. The van der Waals surface area contributed by atoms with Crippen molar-refractivity contribution in [3.8, 4) is 16.6 Å². The minimum Gasteiger partial charge on any atom is -0.331 e. The number of carbonyl (C=O) groups excluding carboxylic acids is 1. The summed E-state index contributed by atoms with van der Waals surface area (Å²) in [4.78, 5) is 17.7. The highest BCUT2D eigenvalue weighted by Crippen LogP contribution is 2.29. The summed E-state index contributed by atoms with van der Waals surface area (Å²) < 4.78 is 0. The van der Waals surface area contributed by atoms with Gasteiger partial charge in [-0.15, -0.1) is 10.2 Å². The lowest BCUT2D eigenvalue weighted by atomic mass is 10.0. The molecule has 4 aromatic rings. The smallest absolute Gasteiger partial charge is 0.269 e. The SMILES string of the molecule is N#Cc1ccc(-c2nnc(NC3N=C(c4ccccc4)c4ccccc4NC3=O)s2)cc1. The monoisotopic (exact) mass is 436 g/mol. The topological polar surface area (TPSA) is 103 Å². The predicted molar refractivity (Wildman–Crippen MR) is 125 cm³/mol. The molecule has 1 unspecified atom stereocenters. The Labute approximate surface area is 188 Å². The lowest BCUT2D eigenvalue weighted by molar-refractivity contribution is -0.116. The summed E-state index contributed by atoms with van der Waals surface area (Å²) in [5, 5.41) is 24.6. The molecule has 0 spiro atoms. The maximum Gasteiger partial charge on any atom is 0.269 e. The fraction of sp³-hybridized carbons (Fsp3) is 0.0417. The molecule has 1 amide bonds. The molecule has 0 bridgehead atoms. The van der Waals surface area contributed by atoms with E-state index < -0.39 is 6.17 Å². The first kappa shape index (κ1) is 19.6. The largest absolute Gasteiger partial charge is 0.331 e. The third-order valence-corrected chi connectivity index (χ3v) is 5.84. The van der Waals surface area contributed by atoms with Crippen molar-refractivity contribution in [1.29, 1.82) is 5.26 Å². The van der Waals surface area contributed by atoms with Gasteiger partial charge in [0.15, 0.2) is 0 Å². The number of hydrogen-bond acceptors (Lipinski definition) is 7. The van der Waals surface area contributed by atoms with Crippen LogP contribution in [0.3, 0.4) is 0 Å². The van der Waals surface area contributed by atoms with Crippen molar-refractivity contribution in [2.24, 2.45) is 4.99 Å². The van der Waals surface area contributed by atoms with Crippen LogP contribution in [0.2, 0.25) is 0 Å². The van der Waals surface area contributed by atoms with Gasteiger partial charge in [-0.3, -0.25) is 4.79 Å². The van der Waals surface area contributed by atoms with Gasteiger partial charge in [-0.25, -0.2) is 4.99 Å². The molecule has 1 aliphatic heterocycles. The number of anilines is 2. The number of amides is 1. The maximum atomic E-state index is 13.0. The molecule has 0 aliphatic carbocycles. The van der Waals surface area contributed by atoms with Crippen LogP contribution in [-0.2, 0) is 4.79 Å². The van der Waals surface area contributed by atoms with Crippen LogP contribution in [0.25, 0.3) is 10.6 Å². The van der Waals surface area contributed by atoms with E-state index in [9.17, 15) is 4.79 Å². The van der Waals surface area contributed by atoms with Crippen molar-refractivity contribution in [2.75, 3.05) is 10.6 Å². The first-order chi connectivity index (χ1) is 15.7. The quantitative estimate of drug-likeness (QED) is 0.496. The number of rotatable bonds is 4. The fourth-order valence-corrected chi connectivity index (χ4v) is 4.15. The summed E-state index contributed by atoms with van der Waals surface area (Å²) in [6, 6.07) is 26.6. The van der Waals surface area contributed by atoms with Gasteiger partial charge in [0.2, 0.25) is 11.3 Å². The van der Waals surface area contributed by atoms with Gasteiger partial charge in [-0.1, -0.05) is 72.0 Å². The molecule has 0 saturated carbocycles. The molecule has 2 heterocycles. The first-order valence-electron chi connectivity index (χ1n) is 9.85. The fourth-order valence-electron chi connectivity index (χ4n) is 3.38. The summed E-state index contributed by atoms with van der Waals surface area (Å²) in [6.07, 6.45) is -0.876. The van der Waals surface area contributed by atoms with E-state index >= 15 is 0 Å². The number of aliphatic imine (C=N–C) groups is 1. The molecule has 0 saturated heterocycles. The molecular weight excluding hydrogens is 420 g/mol. The van der Waals surface area contributed by atoms with Crippen LogP contribution in [0.5, 0.6) is 0 Å². The highest BCUT2D eigenvalue weighted by atomic mass is 32.1. The number of benzene rings is 3. The van der Waals surface area contributed by atoms with Gasteiger partial charge < -0.3 is 10.6 Å². The Morgan fingerprint density at radius 3 is 2.44 bits per heavy atom. The molecule has 5 rings (SSSR count). The van der Waals surface area contributed by atoms with E-state index in [0.29, 0.717) is 27.1 Å². The summed E-state index contributed by atoms with van der Waals surface area (Å²) in [6.45, 7) is 0. The zero-order valence-corrected chi connectivity index (χ0v) is 17.5. The van der Waals surface area contributed by atoms with Gasteiger partial charge >= 0.3 is 0 Å². The van der Waals surface area contributed by atoms with Crippen LogP contribution in [0.15, 0.2) is 83.9 Å². The lowest BCUT2D eigenvalue weighted by Gasteiger charge is -2.11. The number of carbonyl (C=O) groups is 1. The summed E-state index contributed by atoms with van der Waals surface area (Å²) >= 11 is 1.32. The molecule has 7 nitrogen and oxygen atoms in total.